The molecule has 0 fully saturated rings. The minimum atomic E-state index is 0.352. The molecule has 0 aromatic carbocycles. The fourth-order valence-electron chi connectivity index (χ4n) is 1.58. The van der Waals surface area contributed by atoms with Crippen LogP contribution in [0, 0.1) is 10.1 Å². The third kappa shape index (κ3) is 2.45. The summed E-state index contributed by atoms with van der Waals surface area (Å²) >= 11 is 3.28. The van der Waals surface area contributed by atoms with Crippen LogP contribution in [0.15, 0.2) is 59.2 Å². The Morgan fingerprint density at radius 3 is 2.71 bits per heavy atom. The lowest BCUT2D eigenvalue weighted by Crippen LogP contribution is -2.17. The van der Waals surface area contributed by atoms with Gasteiger partial charge in [0.2, 0.25) is 6.20 Å². The Bertz CT molecular complexity index is 513. The standard InChI is InChI=1S/C12H11BrN2O2/c1-9-2-4-11(14(16)7-9)12-5-3-10(6-13)8-15(12)17/h2-5,7-8H,6H2,1H3. The number of hydroxylamine groups is 2. The van der Waals surface area contributed by atoms with Crippen molar-refractivity contribution in [3.63, 3.8) is 0 Å². The van der Waals surface area contributed by atoms with E-state index in [1.165, 1.54) is 12.4 Å². The first-order chi connectivity index (χ1) is 8.11. The second kappa shape index (κ2) is 4.81. The van der Waals surface area contributed by atoms with Crippen LogP contribution in [0.25, 0.3) is 0 Å². The summed E-state index contributed by atoms with van der Waals surface area (Å²) in [7, 11) is 0. The van der Waals surface area contributed by atoms with Crippen LogP contribution >= 0.6 is 15.9 Å². The topological polar surface area (TPSA) is 46.4 Å². The fraction of sp³-hybridized carbons (Fsp3) is 0.167. The Labute approximate surface area is 108 Å². The SMILES string of the molecule is CC1=C[N+](=O)C(=C2C=CC(CBr)=CN2[O-])C=C1. The molecule has 17 heavy (non-hydrogen) atoms. The summed E-state index contributed by atoms with van der Waals surface area (Å²) in [6.07, 6.45) is 9.85. The molecule has 0 atom stereocenters. The van der Waals surface area contributed by atoms with Gasteiger partial charge in [-0.25, -0.2) is 0 Å². The van der Waals surface area contributed by atoms with Gasteiger partial charge in [-0.2, -0.15) is 0 Å². The smallest absolute Gasteiger partial charge is 0.285 e. The summed E-state index contributed by atoms with van der Waals surface area (Å²) in [5.74, 6) is 0. The molecule has 88 valence electrons. The lowest BCUT2D eigenvalue weighted by atomic mass is 10.1. The lowest BCUT2D eigenvalue weighted by Gasteiger charge is -2.30. The summed E-state index contributed by atoms with van der Waals surface area (Å²) < 4.78 is 0.715. The molecule has 0 amide bonds. The molecule has 0 aliphatic carbocycles. The lowest BCUT2D eigenvalue weighted by molar-refractivity contribution is -0.422. The zero-order valence-electron chi connectivity index (χ0n) is 9.26. The van der Waals surface area contributed by atoms with Crippen molar-refractivity contribution >= 4 is 15.9 Å². The van der Waals surface area contributed by atoms with Crippen LogP contribution in [-0.2, 0) is 0 Å². The monoisotopic (exact) mass is 294 g/mol. The first-order valence-corrected chi connectivity index (χ1v) is 6.22. The molecule has 2 aliphatic rings. The van der Waals surface area contributed by atoms with Gasteiger partial charge in [-0.3, -0.25) is 0 Å². The molecule has 2 rings (SSSR count). The number of halogens is 1. The Kier molecular flexibility index (Phi) is 3.40. The van der Waals surface area contributed by atoms with Gasteiger partial charge in [0, 0.05) is 21.9 Å². The minimum Gasteiger partial charge on any atom is -0.754 e. The Hall–Kier alpha value is -1.46. The van der Waals surface area contributed by atoms with E-state index in [0.717, 1.165) is 16.2 Å². The van der Waals surface area contributed by atoms with Crippen LogP contribution in [0.5, 0.6) is 0 Å². The van der Waals surface area contributed by atoms with Gasteiger partial charge in [0.05, 0.1) is 4.76 Å². The molecular formula is C12H11BrN2O2. The van der Waals surface area contributed by atoms with Crippen LogP contribution in [0.3, 0.4) is 0 Å². The van der Waals surface area contributed by atoms with Crippen molar-refractivity contribution in [2.24, 2.45) is 0 Å². The molecule has 0 saturated heterocycles. The Morgan fingerprint density at radius 2 is 2.12 bits per heavy atom. The van der Waals surface area contributed by atoms with E-state index in [1.807, 2.05) is 19.1 Å². The first-order valence-electron chi connectivity index (χ1n) is 5.10. The number of nitroso groups, excluding NO2 is 1. The number of rotatable bonds is 1. The number of allylic oxidation sites excluding steroid dienone is 6. The largest absolute Gasteiger partial charge is 0.754 e. The highest BCUT2D eigenvalue weighted by atomic mass is 79.9. The zero-order valence-corrected chi connectivity index (χ0v) is 10.8. The van der Waals surface area contributed by atoms with Crippen LogP contribution in [0.2, 0.25) is 0 Å². The van der Waals surface area contributed by atoms with Crippen molar-refractivity contribution in [3.05, 3.63) is 69.4 Å². The van der Waals surface area contributed by atoms with Crippen LogP contribution < -0.4 is 0 Å². The van der Waals surface area contributed by atoms with E-state index < -0.39 is 0 Å². The van der Waals surface area contributed by atoms with E-state index in [9.17, 15) is 10.1 Å². The molecule has 0 unspecified atom stereocenters. The van der Waals surface area contributed by atoms with Gasteiger partial charge in [-0.15, -0.1) is 0 Å². The van der Waals surface area contributed by atoms with E-state index in [2.05, 4.69) is 15.9 Å². The van der Waals surface area contributed by atoms with Crippen molar-refractivity contribution in [1.82, 2.24) is 5.06 Å². The van der Waals surface area contributed by atoms with E-state index in [0.29, 0.717) is 21.5 Å². The number of hydrogen-bond acceptors (Lipinski definition) is 3. The highest BCUT2D eigenvalue weighted by Gasteiger charge is 2.22. The Balaban J connectivity index is 2.37. The van der Waals surface area contributed by atoms with Crippen molar-refractivity contribution in [2.45, 2.75) is 6.92 Å². The third-order valence-electron chi connectivity index (χ3n) is 2.45. The first kappa shape index (κ1) is 12.0. The van der Waals surface area contributed by atoms with Crippen molar-refractivity contribution in [3.8, 4) is 0 Å². The van der Waals surface area contributed by atoms with Gasteiger partial charge in [0.1, 0.15) is 5.70 Å². The minimum absolute atomic E-state index is 0.352. The molecule has 2 heterocycles. The quantitative estimate of drug-likeness (QED) is 0.551. The van der Waals surface area contributed by atoms with Crippen LogP contribution in [-0.4, -0.2) is 15.2 Å². The van der Waals surface area contributed by atoms with E-state index in [4.69, 9.17) is 0 Å². The normalized spacial score (nSPS) is 23.9. The number of hydrogen-bond donors (Lipinski definition) is 0. The highest BCUT2D eigenvalue weighted by Crippen LogP contribution is 2.23. The predicted octanol–water partition coefficient (Wildman–Crippen LogP) is 3.10. The molecule has 0 aromatic heterocycles. The summed E-state index contributed by atoms with van der Waals surface area (Å²) in [4.78, 5) is 11.7. The van der Waals surface area contributed by atoms with Crippen molar-refractivity contribution in [1.29, 1.82) is 0 Å². The molecule has 5 heteroatoms. The van der Waals surface area contributed by atoms with E-state index >= 15 is 0 Å². The molecule has 0 radical (unpaired) electrons. The van der Waals surface area contributed by atoms with Crippen LogP contribution in [0.4, 0.5) is 0 Å². The van der Waals surface area contributed by atoms with Crippen LogP contribution in [0.1, 0.15) is 6.92 Å². The molecule has 0 spiro atoms. The Morgan fingerprint density at radius 1 is 1.35 bits per heavy atom. The van der Waals surface area contributed by atoms with Crippen molar-refractivity contribution < 1.29 is 4.76 Å². The summed E-state index contributed by atoms with van der Waals surface area (Å²) in [5, 5.41) is 13.1. The average Bonchev–Trinajstić information content (AvgIpc) is 2.30. The van der Waals surface area contributed by atoms with Gasteiger partial charge in [-0.1, -0.05) is 22.0 Å². The molecule has 0 saturated carbocycles. The van der Waals surface area contributed by atoms with Gasteiger partial charge in [0.15, 0.2) is 0 Å². The van der Waals surface area contributed by atoms with Gasteiger partial charge in [0.25, 0.3) is 5.70 Å². The molecular weight excluding hydrogens is 284 g/mol. The second-order valence-electron chi connectivity index (χ2n) is 3.80. The number of alkyl halides is 1. The number of nitrogens with zero attached hydrogens (tertiary/aromatic N) is 2. The maximum absolute atomic E-state index is 11.8. The fourth-order valence-corrected chi connectivity index (χ4v) is 1.91. The molecule has 0 bridgehead atoms. The zero-order chi connectivity index (χ0) is 12.4. The maximum Gasteiger partial charge on any atom is 0.285 e. The predicted molar refractivity (Wildman–Crippen MR) is 69.8 cm³/mol. The van der Waals surface area contributed by atoms with Crippen molar-refractivity contribution in [2.75, 3.05) is 5.33 Å². The maximum atomic E-state index is 11.8. The highest BCUT2D eigenvalue weighted by molar-refractivity contribution is 9.09. The summed E-state index contributed by atoms with van der Waals surface area (Å²) in [6.45, 7) is 1.83. The third-order valence-corrected chi connectivity index (χ3v) is 3.10. The molecule has 4 nitrogen and oxygen atoms in total. The molecule has 2 aliphatic heterocycles. The van der Waals surface area contributed by atoms with E-state index in [1.54, 1.807) is 12.2 Å². The summed E-state index contributed by atoms with van der Waals surface area (Å²) in [6, 6.07) is 0. The molecule has 0 N–H and O–H groups in total. The molecule has 0 aromatic rings. The average molecular weight is 295 g/mol. The van der Waals surface area contributed by atoms with Gasteiger partial charge < -0.3 is 10.3 Å². The van der Waals surface area contributed by atoms with Gasteiger partial charge >= 0.3 is 0 Å². The summed E-state index contributed by atoms with van der Waals surface area (Å²) in [5.41, 5.74) is 2.43. The van der Waals surface area contributed by atoms with E-state index in [-0.39, 0.29) is 0 Å². The second-order valence-corrected chi connectivity index (χ2v) is 4.36. The van der Waals surface area contributed by atoms with Gasteiger partial charge in [-0.05, 0) is 30.8 Å².